The minimum atomic E-state index is -0.331. The average Bonchev–Trinajstić information content (AvgIpc) is 3.53. The molecule has 1 aliphatic heterocycles. The Morgan fingerprint density at radius 3 is 2.93 bits per heavy atom. The zero-order chi connectivity index (χ0) is 18.8. The van der Waals surface area contributed by atoms with E-state index in [4.69, 9.17) is 4.98 Å². The highest BCUT2D eigenvalue weighted by atomic mass is 16.6. The topological polar surface area (TPSA) is 75.4 Å². The molecule has 4 rings (SSSR count). The maximum Gasteiger partial charge on any atom is 0.269 e. The van der Waals surface area contributed by atoms with Crippen LogP contribution < -0.4 is 4.90 Å². The van der Waals surface area contributed by atoms with Gasteiger partial charge in [0.25, 0.3) is 5.69 Å². The second-order valence-electron chi connectivity index (χ2n) is 7.62. The van der Waals surface area contributed by atoms with Crippen LogP contribution in [0.5, 0.6) is 0 Å². The van der Waals surface area contributed by atoms with Gasteiger partial charge in [0, 0.05) is 50.4 Å². The number of nitro benzene ring substituents is 1. The maximum atomic E-state index is 11.0. The number of non-ortho nitro benzene ring substituents is 1. The molecule has 1 aromatic heterocycles. The van der Waals surface area contributed by atoms with Crippen molar-refractivity contribution in [3.63, 3.8) is 0 Å². The van der Waals surface area contributed by atoms with Crippen molar-refractivity contribution >= 4 is 11.5 Å². The van der Waals surface area contributed by atoms with E-state index in [0.717, 1.165) is 49.7 Å². The van der Waals surface area contributed by atoms with Gasteiger partial charge in [-0.25, -0.2) is 9.97 Å². The Morgan fingerprint density at radius 2 is 2.15 bits per heavy atom. The summed E-state index contributed by atoms with van der Waals surface area (Å²) in [4.78, 5) is 24.5. The summed E-state index contributed by atoms with van der Waals surface area (Å²) >= 11 is 0. The average molecular weight is 367 g/mol. The van der Waals surface area contributed by atoms with E-state index in [0.29, 0.717) is 12.0 Å². The molecule has 0 spiro atoms. The molecule has 142 valence electrons. The Morgan fingerprint density at radius 1 is 1.30 bits per heavy atom. The molecule has 0 N–H and O–H groups in total. The van der Waals surface area contributed by atoms with Crippen molar-refractivity contribution in [2.75, 3.05) is 25.0 Å². The minimum absolute atomic E-state index is 0.159. The summed E-state index contributed by atoms with van der Waals surface area (Å²) in [7, 11) is 2.11. The number of hydrogen-bond donors (Lipinski definition) is 0. The highest BCUT2D eigenvalue weighted by Gasteiger charge is 2.28. The van der Waals surface area contributed by atoms with Crippen LogP contribution in [0.1, 0.15) is 43.0 Å². The van der Waals surface area contributed by atoms with Gasteiger partial charge in [0.2, 0.25) is 0 Å². The van der Waals surface area contributed by atoms with E-state index in [1.54, 1.807) is 18.2 Å². The van der Waals surface area contributed by atoms with E-state index in [1.807, 2.05) is 18.3 Å². The summed E-state index contributed by atoms with van der Waals surface area (Å²) in [6.45, 7) is 2.69. The Bertz CT molecular complexity index is 824. The lowest BCUT2D eigenvalue weighted by Gasteiger charge is -2.38. The fraction of sp³-hybridized carbons (Fsp3) is 0.500. The molecule has 1 unspecified atom stereocenters. The van der Waals surface area contributed by atoms with Crippen molar-refractivity contribution < 1.29 is 4.92 Å². The van der Waals surface area contributed by atoms with Crippen molar-refractivity contribution in [3.05, 3.63) is 58.0 Å². The minimum Gasteiger partial charge on any atom is -0.355 e. The Balaban J connectivity index is 1.42. The number of benzene rings is 1. The molecule has 1 aromatic carbocycles. The summed E-state index contributed by atoms with van der Waals surface area (Å²) in [5, 5.41) is 11.0. The SMILES string of the molecule is CN(c1ccnc(C2CC2)n1)C1CCCN(Cc2cccc([N+](=O)[O-])c2)C1. The zero-order valence-corrected chi connectivity index (χ0v) is 15.6. The molecule has 1 saturated heterocycles. The molecule has 1 aliphatic carbocycles. The Labute approximate surface area is 159 Å². The van der Waals surface area contributed by atoms with E-state index < -0.39 is 0 Å². The van der Waals surface area contributed by atoms with Gasteiger partial charge in [0.05, 0.1) is 4.92 Å². The lowest BCUT2D eigenvalue weighted by atomic mass is 10.0. The molecule has 2 aromatic rings. The van der Waals surface area contributed by atoms with Gasteiger partial charge in [-0.05, 0) is 43.9 Å². The first-order valence-corrected chi connectivity index (χ1v) is 9.61. The van der Waals surface area contributed by atoms with Crippen LogP contribution in [0.2, 0.25) is 0 Å². The van der Waals surface area contributed by atoms with E-state index in [2.05, 4.69) is 21.8 Å². The molecule has 1 saturated carbocycles. The number of piperidine rings is 1. The third-order valence-corrected chi connectivity index (χ3v) is 5.52. The van der Waals surface area contributed by atoms with Gasteiger partial charge in [0.1, 0.15) is 11.6 Å². The van der Waals surface area contributed by atoms with Crippen LogP contribution in [-0.2, 0) is 6.54 Å². The van der Waals surface area contributed by atoms with Crippen LogP contribution >= 0.6 is 0 Å². The number of anilines is 1. The van der Waals surface area contributed by atoms with Crippen molar-refractivity contribution in [3.8, 4) is 0 Å². The van der Waals surface area contributed by atoms with Crippen LogP contribution in [0, 0.1) is 10.1 Å². The third-order valence-electron chi connectivity index (χ3n) is 5.52. The van der Waals surface area contributed by atoms with E-state index in [-0.39, 0.29) is 10.6 Å². The Kier molecular flexibility index (Phi) is 5.03. The predicted octanol–water partition coefficient (Wildman–Crippen LogP) is 3.36. The number of nitrogens with zero attached hydrogens (tertiary/aromatic N) is 5. The summed E-state index contributed by atoms with van der Waals surface area (Å²) < 4.78 is 0. The van der Waals surface area contributed by atoms with Crippen molar-refractivity contribution in [2.45, 2.75) is 44.2 Å². The predicted molar refractivity (Wildman–Crippen MR) is 104 cm³/mol. The lowest BCUT2D eigenvalue weighted by molar-refractivity contribution is -0.384. The molecule has 7 nitrogen and oxygen atoms in total. The van der Waals surface area contributed by atoms with E-state index in [1.165, 1.54) is 12.8 Å². The van der Waals surface area contributed by atoms with E-state index >= 15 is 0 Å². The normalized spacial score (nSPS) is 20.4. The quantitative estimate of drug-likeness (QED) is 0.576. The first-order chi connectivity index (χ1) is 13.1. The molecule has 2 fully saturated rings. The monoisotopic (exact) mass is 367 g/mol. The number of hydrogen-bond acceptors (Lipinski definition) is 6. The largest absolute Gasteiger partial charge is 0.355 e. The van der Waals surface area contributed by atoms with Crippen molar-refractivity contribution in [2.24, 2.45) is 0 Å². The standard InChI is InChI=1S/C20H25N5O2/c1-23(19-9-10-21-20(22-19)16-7-8-16)18-6-3-11-24(14-18)13-15-4-2-5-17(12-15)25(26)27/h2,4-5,9-10,12,16,18H,3,6-8,11,13-14H2,1H3. The Hall–Kier alpha value is -2.54. The van der Waals surface area contributed by atoms with Crippen LogP contribution in [-0.4, -0.2) is 46.0 Å². The van der Waals surface area contributed by atoms with Crippen molar-refractivity contribution in [1.82, 2.24) is 14.9 Å². The third kappa shape index (κ3) is 4.24. The van der Waals surface area contributed by atoms with Gasteiger partial charge in [-0.1, -0.05) is 12.1 Å². The van der Waals surface area contributed by atoms with Gasteiger partial charge in [-0.3, -0.25) is 15.0 Å². The van der Waals surface area contributed by atoms with Crippen LogP contribution in [0.25, 0.3) is 0 Å². The fourth-order valence-corrected chi connectivity index (χ4v) is 3.80. The molecule has 27 heavy (non-hydrogen) atoms. The number of rotatable bonds is 6. The summed E-state index contributed by atoms with van der Waals surface area (Å²) in [5.41, 5.74) is 1.15. The smallest absolute Gasteiger partial charge is 0.269 e. The van der Waals surface area contributed by atoms with Gasteiger partial charge >= 0.3 is 0 Å². The van der Waals surface area contributed by atoms with Gasteiger partial charge in [-0.2, -0.15) is 0 Å². The zero-order valence-electron chi connectivity index (χ0n) is 15.6. The number of aromatic nitrogens is 2. The molecular weight excluding hydrogens is 342 g/mol. The van der Waals surface area contributed by atoms with Gasteiger partial charge in [-0.15, -0.1) is 0 Å². The second kappa shape index (κ2) is 7.60. The van der Waals surface area contributed by atoms with Gasteiger partial charge in [0.15, 0.2) is 0 Å². The van der Waals surface area contributed by atoms with Crippen molar-refractivity contribution in [1.29, 1.82) is 0 Å². The number of likely N-dealkylation sites (N-methyl/N-ethyl adjacent to an activating group) is 1. The highest BCUT2D eigenvalue weighted by molar-refractivity contribution is 5.39. The molecule has 1 atom stereocenters. The van der Waals surface area contributed by atoms with Crippen LogP contribution in [0.15, 0.2) is 36.5 Å². The summed E-state index contributed by atoms with van der Waals surface area (Å²) in [6.07, 6.45) is 6.52. The second-order valence-corrected chi connectivity index (χ2v) is 7.62. The van der Waals surface area contributed by atoms with Crippen LogP contribution in [0.4, 0.5) is 11.5 Å². The number of nitro groups is 1. The first kappa shape index (κ1) is 17.9. The number of likely N-dealkylation sites (tertiary alicyclic amines) is 1. The molecule has 2 heterocycles. The van der Waals surface area contributed by atoms with Gasteiger partial charge < -0.3 is 4.90 Å². The molecule has 2 aliphatic rings. The molecule has 0 bridgehead atoms. The fourth-order valence-electron chi connectivity index (χ4n) is 3.80. The first-order valence-electron chi connectivity index (χ1n) is 9.61. The molecule has 7 heteroatoms. The summed E-state index contributed by atoms with van der Waals surface area (Å²) in [6, 6.07) is 9.33. The van der Waals surface area contributed by atoms with Crippen LogP contribution in [0.3, 0.4) is 0 Å². The highest BCUT2D eigenvalue weighted by Crippen LogP contribution is 2.38. The molecular formula is C20H25N5O2. The lowest BCUT2D eigenvalue weighted by Crippen LogP contribution is -2.46. The molecule has 0 radical (unpaired) electrons. The molecule has 0 amide bonds. The maximum absolute atomic E-state index is 11.0. The van der Waals surface area contributed by atoms with E-state index in [9.17, 15) is 10.1 Å². The summed E-state index contributed by atoms with van der Waals surface area (Å²) in [5.74, 6) is 2.52.